The van der Waals surface area contributed by atoms with Gasteiger partial charge in [0.25, 0.3) is 0 Å². The first-order valence-electron chi connectivity index (χ1n) is 7.39. The lowest BCUT2D eigenvalue weighted by molar-refractivity contribution is -0.141. The second kappa shape index (κ2) is 6.53. The number of carbonyl (C=O) groups is 1. The highest BCUT2D eigenvalue weighted by Gasteiger charge is 2.34. The minimum Gasteiger partial charge on any atom is -0.396 e. The van der Waals surface area contributed by atoms with Gasteiger partial charge in [-0.05, 0) is 44.9 Å². The van der Waals surface area contributed by atoms with Gasteiger partial charge in [0.15, 0.2) is 0 Å². The second-order valence-corrected chi connectivity index (χ2v) is 5.82. The van der Waals surface area contributed by atoms with Crippen LogP contribution in [0, 0.1) is 5.92 Å². The van der Waals surface area contributed by atoms with Crippen LogP contribution < -0.4 is 5.73 Å². The van der Waals surface area contributed by atoms with Gasteiger partial charge in [0.2, 0.25) is 5.91 Å². The van der Waals surface area contributed by atoms with Crippen LogP contribution >= 0.6 is 0 Å². The molecular weight excluding hydrogens is 228 g/mol. The van der Waals surface area contributed by atoms with Crippen LogP contribution in [0.5, 0.6) is 0 Å². The van der Waals surface area contributed by atoms with Crippen LogP contribution in [0.15, 0.2) is 0 Å². The highest BCUT2D eigenvalue weighted by molar-refractivity contribution is 5.79. The van der Waals surface area contributed by atoms with Gasteiger partial charge in [-0.25, -0.2) is 0 Å². The lowest BCUT2D eigenvalue weighted by Gasteiger charge is -2.40. The summed E-state index contributed by atoms with van der Waals surface area (Å²) in [5, 5.41) is 8.96. The minimum absolute atomic E-state index is 0.132. The Kier molecular flexibility index (Phi) is 5.01. The van der Waals surface area contributed by atoms with Crippen molar-refractivity contribution in [2.24, 2.45) is 11.7 Å². The van der Waals surface area contributed by atoms with E-state index in [1.807, 2.05) is 4.90 Å². The lowest BCUT2D eigenvalue weighted by atomic mass is 9.83. The SMILES string of the molecule is NC1CCCC(C(=O)N(CCCO)C2CCC2)C1. The molecule has 2 atom stereocenters. The molecule has 2 unspecified atom stereocenters. The monoisotopic (exact) mass is 254 g/mol. The summed E-state index contributed by atoms with van der Waals surface area (Å²) in [6.45, 7) is 0.881. The van der Waals surface area contributed by atoms with E-state index in [1.54, 1.807) is 0 Å². The Labute approximate surface area is 110 Å². The maximum Gasteiger partial charge on any atom is 0.225 e. The largest absolute Gasteiger partial charge is 0.396 e. The second-order valence-electron chi connectivity index (χ2n) is 5.82. The molecule has 0 bridgehead atoms. The van der Waals surface area contributed by atoms with Crippen molar-refractivity contribution in [3.8, 4) is 0 Å². The Bertz CT molecular complexity index is 279. The molecule has 0 aromatic rings. The average molecular weight is 254 g/mol. The van der Waals surface area contributed by atoms with Crippen LogP contribution in [0.1, 0.15) is 51.4 Å². The first-order chi connectivity index (χ1) is 8.72. The summed E-state index contributed by atoms with van der Waals surface area (Å²) in [7, 11) is 0. The third kappa shape index (κ3) is 3.23. The molecule has 0 aromatic heterocycles. The number of nitrogens with zero attached hydrogens (tertiary/aromatic N) is 1. The van der Waals surface area contributed by atoms with Crippen molar-refractivity contribution in [2.45, 2.75) is 63.5 Å². The molecule has 2 rings (SSSR count). The van der Waals surface area contributed by atoms with Gasteiger partial charge in [-0.15, -0.1) is 0 Å². The molecule has 104 valence electrons. The molecule has 4 heteroatoms. The molecule has 0 radical (unpaired) electrons. The Morgan fingerprint density at radius 2 is 1.94 bits per heavy atom. The highest BCUT2D eigenvalue weighted by Crippen LogP contribution is 2.30. The van der Waals surface area contributed by atoms with Gasteiger partial charge in [-0.3, -0.25) is 4.79 Å². The summed E-state index contributed by atoms with van der Waals surface area (Å²) in [5.41, 5.74) is 5.98. The fourth-order valence-corrected chi connectivity index (χ4v) is 3.10. The van der Waals surface area contributed by atoms with Crippen molar-refractivity contribution in [1.29, 1.82) is 0 Å². The van der Waals surface area contributed by atoms with Crippen LogP contribution in [0.4, 0.5) is 0 Å². The fraction of sp³-hybridized carbons (Fsp3) is 0.929. The topological polar surface area (TPSA) is 66.6 Å². The van der Waals surface area contributed by atoms with Gasteiger partial charge in [-0.1, -0.05) is 6.42 Å². The summed E-state index contributed by atoms with van der Waals surface area (Å²) in [5.74, 6) is 0.427. The lowest BCUT2D eigenvalue weighted by Crippen LogP contribution is -2.49. The molecule has 1 amide bonds. The Balaban J connectivity index is 1.93. The zero-order valence-electron chi connectivity index (χ0n) is 11.2. The van der Waals surface area contributed by atoms with Crippen molar-refractivity contribution < 1.29 is 9.90 Å². The number of hydrogen-bond donors (Lipinski definition) is 2. The number of amides is 1. The predicted molar refractivity (Wildman–Crippen MR) is 71.0 cm³/mol. The number of hydrogen-bond acceptors (Lipinski definition) is 3. The van der Waals surface area contributed by atoms with E-state index in [9.17, 15) is 4.79 Å². The number of carbonyl (C=O) groups excluding carboxylic acids is 1. The molecule has 3 N–H and O–H groups in total. The van der Waals surface area contributed by atoms with Crippen LogP contribution in [0.3, 0.4) is 0 Å². The molecule has 0 aliphatic heterocycles. The summed E-state index contributed by atoms with van der Waals surface area (Å²) >= 11 is 0. The van der Waals surface area contributed by atoms with E-state index in [-0.39, 0.29) is 18.6 Å². The first kappa shape index (κ1) is 13.8. The predicted octanol–water partition coefficient (Wildman–Crippen LogP) is 1.27. The smallest absolute Gasteiger partial charge is 0.225 e. The van der Waals surface area contributed by atoms with Crippen LogP contribution in [0.2, 0.25) is 0 Å². The molecule has 0 saturated heterocycles. The first-order valence-corrected chi connectivity index (χ1v) is 7.39. The summed E-state index contributed by atoms with van der Waals surface area (Å²) in [6.07, 6.45) is 8.18. The van der Waals surface area contributed by atoms with Crippen molar-refractivity contribution in [1.82, 2.24) is 4.90 Å². The van der Waals surface area contributed by atoms with Gasteiger partial charge >= 0.3 is 0 Å². The Hall–Kier alpha value is -0.610. The Morgan fingerprint density at radius 3 is 2.50 bits per heavy atom. The van der Waals surface area contributed by atoms with Gasteiger partial charge in [0, 0.05) is 31.2 Å². The molecule has 2 aliphatic carbocycles. The molecule has 0 aromatic carbocycles. The summed E-state index contributed by atoms with van der Waals surface area (Å²) < 4.78 is 0. The maximum atomic E-state index is 12.6. The van der Waals surface area contributed by atoms with E-state index >= 15 is 0 Å². The molecule has 0 spiro atoms. The normalized spacial score (nSPS) is 28.8. The van der Waals surface area contributed by atoms with Crippen molar-refractivity contribution in [2.75, 3.05) is 13.2 Å². The van der Waals surface area contributed by atoms with E-state index < -0.39 is 0 Å². The molecule has 2 fully saturated rings. The van der Waals surface area contributed by atoms with Crippen molar-refractivity contribution in [3.63, 3.8) is 0 Å². The van der Waals surface area contributed by atoms with Crippen LogP contribution in [-0.2, 0) is 4.79 Å². The van der Waals surface area contributed by atoms with Crippen LogP contribution in [-0.4, -0.2) is 41.1 Å². The standard InChI is InChI=1S/C14H26N2O2/c15-12-5-1-4-11(10-12)14(18)16(8-3-9-17)13-6-2-7-13/h11-13,17H,1-10,15H2. The molecule has 18 heavy (non-hydrogen) atoms. The van der Waals surface area contributed by atoms with E-state index in [1.165, 1.54) is 6.42 Å². The van der Waals surface area contributed by atoms with Gasteiger partial charge in [-0.2, -0.15) is 0 Å². The molecule has 2 aliphatic rings. The van der Waals surface area contributed by atoms with Gasteiger partial charge < -0.3 is 15.7 Å². The van der Waals surface area contributed by atoms with E-state index in [2.05, 4.69) is 0 Å². The quantitative estimate of drug-likeness (QED) is 0.776. The zero-order valence-corrected chi connectivity index (χ0v) is 11.2. The fourth-order valence-electron chi connectivity index (χ4n) is 3.10. The van der Waals surface area contributed by atoms with E-state index in [4.69, 9.17) is 10.8 Å². The third-order valence-electron chi connectivity index (χ3n) is 4.42. The number of rotatable bonds is 5. The van der Waals surface area contributed by atoms with Crippen molar-refractivity contribution >= 4 is 5.91 Å². The van der Waals surface area contributed by atoms with E-state index in [0.29, 0.717) is 24.9 Å². The Morgan fingerprint density at radius 1 is 1.22 bits per heavy atom. The third-order valence-corrected chi connectivity index (χ3v) is 4.42. The molecule has 2 saturated carbocycles. The zero-order chi connectivity index (χ0) is 13.0. The highest BCUT2D eigenvalue weighted by atomic mass is 16.3. The minimum atomic E-state index is 0.132. The average Bonchev–Trinajstić information content (AvgIpc) is 2.31. The van der Waals surface area contributed by atoms with Crippen molar-refractivity contribution in [3.05, 3.63) is 0 Å². The maximum absolute atomic E-state index is 12.6. The molecule has 0 heterocycles. The van der Waals surface area contributed by atoms with E-state index in [0.717, 1.165) is 38.5 Å². The number of aliphatic hydroxyl groups is 1. The summed E-state index contributed by atoms with van der Waals surface area (Å²) in [4.78, 5) is 14.6. The molecule has 4 nitrogen and oxygen atoms in total. The van der Waals surface area contributed by atoms with Gasteiger partial charge in [0.05, 0.1) is 0 Å². The summed E-state index contributed by atoms with van der Waals surface area (Å²) in [6, 6.07) is 0.635. The van der Waals surface area contributed by atoms with Crippen LogP contribution in [0.25, 0.3) is 0 Å². The number of nitrogens with two attached hydrogens (primary N) is 1. The number of aliphatic hydroxyl groups excluding tert-OH is 1. The molecular formula is C14H26N2O2. The van der Waals surface area contributed by atoms with Gasteiger partial charge in [0.1, 0.15) is 0 Å².